The minimum atomic E-state index is -0.475. The van der Waals surface area contributed by atoms with E-state index in [0.29, 0.717) is 0 Å². The van der Waals surface area contributed by atoms with Gasteiger partial charge >= 0.3 is 6.09 Å². The molecule has 0 aromatic rings. The van der Waals surface area contributed by atoms with Crippen LogP contribution < -0.4 is 5.32 Å². The molecule has 1 amide bonds. The Morgan fingerprint density at radius 1 is 1.90 bits per heavy atom. The number of carbonyl (C=O) groups is 1. The number of amides is 1. The van der Waals surface area contributed by atoms with Crippen molar-refractivity contribution in [2.24, 2.45) is 0 Å². The van der Waals surface area contributed by atoms with Gasteiger partial charge in [0, 0.05) is 7.11 Å². The molecule has 0 aliphatic carbocycles. The lowest BCUT2D eigenvalue weighted by Crippen LogP contribution is -2.33. The first kappa shape index (κ1) is 7.63. The fourth-order valence-corrected chi connectivity index (χ4v) is 0.990. The fourth-order valence-electron chi connectivity index (χ4n) is 0.766. The summed E-state index contributed by atoms with van der Waals surface area (Å²) in [7, 11) is 1.49. The highest BCUT2D eigenvalue weighted by Gasteiger charge is 2.32. The van der Waals surface area contributed by atoms with E-state index in [0.717, 1.165) is 0 Å². The zero-order chi connectivity index (χ0) is 7.56. The molecule has 1 aliphatic rings. The van der Waals surface area contributed by atoms with Gasteiger partial charge in [-0.3, -0.25) is 5.32 Å². The molecule has 5 heteroatoms. The largest absolute Gasteiger partial charge is 0.440 e. The number of nitrogens with one attached hydrogen (secondary N) is 1. The highest BCUT2D eigenvalue weighted by atomic mass is 35.5. The molecule has 1 fully saturated rings. The highest BCUT2D eigenvalue weighted by Crippen LogP contribution is 2.10. The average Bonchev–Trinajstić information content (AvgIpc) is 2.30. The summed E-state index contributed by atoms with van der Waals surface area (Å²) in [6.07, 6.45) is -1.23. The van der Waals surface area contributed by atoms with Gasteiger partial charge in [0.1, 0.15) is 0 Å². The minimum Gasteiger partial charge on any atom is -0.440 e. The smallest absolute Gasteiger partial charge is 0.409 e. The molecule has 1 saturated heterocycles. The Kier molecular flexibility index (Phi) is 2.34. The maximum absolute atomic E-state index is 10.5. The Morgan fingerprint density at radius 3 is 3.00 bits per heavy atom. The van der Waals surface area contributed by atoms with Crippen molar-refractivity contribution in [2.45, 2.75) is 12.3 Å². The minimum absolute atomic E-state index is 0.247. The first-order chi connectivity index (χ1) is 4.77. The molecule has 0 saturated carbocycles. The molecule has 1 N–H and O–H groups in total. The first-order valence-corrected chi connectivity index (χ1v) is 3.37. The van der Waals surface area contributed by atoms with Crippen LogP contribution in [0.25, 0.3) is 0 Å². The number of ether oxygens (including phenoxy) is 2. The van der Waals surface area contributed by atoms with Crippen LogP contribution in [-0.4, -0.2) is 31.4 Å². The molecule has 0 radical (unpaired) electrons. The van der Waals surface area contributed by atoms with Gasteiger partial charge in [0.05, 0.1) is 5.88 Å². The van der Waals surface area contributed by atoms with Gasteiger partial charge in [0.15, 0.2) is 12.3 Å². The van der Waals surface area contributed by atoms with E-state index >= 15 is 0 Å². The van der Waals surface area contributed by atoms with Crippen molar-refractivity contribution >= 4 is 17.7 Å². The van der Waals surface area contributed by atoms with Crippen LogP contribution >= 0.6 is 11.6 Å². The topological polar surface area (TPSA) is 47.6 Å². The maximum atomic E-state index is 10.5. The monoisotopic (exact) mass is 165 g/mol. The van der Waals surface area contributed by atoms with Crippen molar-refractivity contribution in [1.82, 2.24) is 5.32 Å². The molecule has 1 aliphatic heterocycles. The van der Waals surface area contributed by atoms with Gasteiger partial charge in [-0.2, -0.15) is 0 Å². The van der Waals surface area contributed by atoms with E-state index in [1.165, 1.54) is 7.11 Å². The molecule has 0 bridgehead atoms. The maximum Gasteiger partial charge on any atom is 0.409 e. The van der Waals surface area contributed by atoms with Gasteiger partial charge in [-0.15, -0.1) is 11.6 Å². The molecule has 4 nitrogen and oxygen atoms in total. The number of halogens is 1. The Labute approximate surface area is 63.4 Å². The Hall–Kier alpha value is -0.480. The summed E-state index contributed by atoms with van der Waals surface area (Å²) in [4.78, 5) is 10.5. The number of hydrogen-bond donors (Lipinski definition) is 1. The quantitative estimate of drug-likeness (QED) is 0.599. The summed E-state index contributed by atoms with van der Waals surface area (Å²) >= 11 is 5.45. The van der Waals surface area contributed by atoms with Crippen LogP contribution in [0.2, 0.25) is 0 Å². The Bertz CT molecular complexity index is 127. The summed E-state index contributed by atoms with van der Waals surface area (Å²) in [6.45, 7) is 0. The van der Waals surface area contributed by atoms with E-state index < -0.39 is 12.3 Å². The van der Waals surface area contributed by atoms with Crippen molar-refractivity contribution in [1.29, 1.82) is 0 Å². The van der Waals surface area contributed by atoms with E-state index in [2.05, 4.69) is 5.32 Å². The number of alkyl carbamates (subject to hydrolysis) is 1. The highest BCUT2D eigenvalue weighted by molar-refractivity contribution is 6.18. The van der Waals surface area contributed by atoms with Crippen molar-refractivity contribution < 1.29 is 14.3 Å². The summed E-state index contributed by atoms with van der Waals surface area (Å²) in [6, 6.07) is 0. The molecule has 0 spiro atoms. The standard InChI is InChI=1S/C5H8ClNO3/c1-9-4-3(2-6)10-5(8)7-4/h3-4H,2H2,1H3,(H,7,8)/t3-,4?/m1/s1. The molecule has 58 valence electrons. The number of hydrogen-bond acceptors (Lipinski definition) is 3. The van der Waals surface area contributed by atoms with E-state index in [1.807, 2.05) is 0 Å². The fraction of sp³-hybridized carbons (Fsp3) is 0.800. The van der Waals surface area contributed by atoms with Gasteiger partial charge in [0.2, 0.25) is 0 Å². The summed E-state index contributed by atoms with van der Waals surface area (Å²) in [5, 5.41) is 2.44. The van der Waals surface area contributed by atoms with Crippen LogP contribution in [0.3, 0.4) is 0 Å². The predicted octanol–water partition coefficient (Wildman–Crippen LogP) is 0.306. The number of cyclic esters (lactones) is 1. The van der Waals surface area contributed by atoms with Crippen molar-refractivity contribution in [3.05, 3.63) is 0 Å². The van der Waals surface area contributed by atoms with Crippen LogP contribution in [0.5, 0.6) is 0 Å². The summed E-state index contributed by atoms with van der Waals surface area (Å²) < 4.78 is 9.55. The third-order valence-electron chi connectivity index (χ3n) is 1.26. The summed E-state index contributed by atoms with van der Waals surface area (Å²) in [5.74, 6) is 0.247. The average molecular weight is 166 g/mol. The third kappa shape index (κ3) is 1.33. The van der Waals surface area contributed by atoms with Gasteiger partial charge in [-0.05, 0) is 0 Å². The second-order valence-corrected chi connectivity index (χ2v) is 2.21. The molecular formula is C5H8ClNO3. The first-order valence-electron chi connectivity index (χ1n) is 2.84. The zero-order valence-corrected chi connectivity index (χ0v) is 6.22. The number of rotatable bonds is 2. The third-order valence-corrected chi connectivity index (χ3v) is 1.57. The normalized spacial score (nSPS) is 31.6. The second-order valence-electron chi connectivity index (χ2n) is 1.90. The van der Waals surface area contributed by atoms with Crippen LogP contribution in [-0.2, 0) is 9.47 Å². The summed E-state index contributed by atoms with van der Waals surface area (Å²) in [5.41, 5.74) is 0. The van der Waals surface area contributed by atoms with Crippen molar-refractivity contribution in [3.63, 3.8) is 0 Å². The predicted molar refractivity (Wildman–Crippen MR) is 34.9 cm³/mol. The number of methoxy groups -OCH3 is 1. The van der Waals surface area contributed by atoms with Crippen LogP contribution in [0.1, 0.15) is 0 Å². The van der Waals surface area contributed by atoms with Crippen molar-refractivity contribution in [3.8, 4) is 0 Å². The van der Waals surface area contributed by atoms with Gasteiger partial charge in [-0.25, -0.2) is 4.79 Å². The lowest BCUT2D eigenvalue weighted by molar-refractivity contribution is 0.0327. The molecule has 1 heterocycles. The number of alkyl halides is 1. The van der Waals surface area contributed by atoms with Gasteiger partial charge in [0.25, 0.3) is 0 Å². The zero-order valence-electron chi connectivity index (χ0n) is 5.46. The van der Waals surface area contributed by atoms with E-state index in [9.17, 15) is 4.79 Å². The molecule has 10 heavy (non-hydrogen) atoms. The molecule has 1 unspecified atom stereocenters. The Balaban J connectivity index is 2.48. The molecular weight excluding hydrogens is 158 g/mol. The molecule has 1 rings (SSSR count). The van der Waals surface area contributed by atoms with Crippen LogP contribution in [0.15, 0.2) is 0 Å². The van der Waals surface area contributed by atoms with Crippen LogP contribution in [0.4, 0.5) is 4.79 Å². The lowest BCUT2D eigenvalue weighted by atomic mass is 10.4. The SMILES string of the molecule is COC1NC(=O)O[C@@H]1CCl. The number of carbonyl (C=O) groups excluding carboxylic acids is 1. The van der Waals surface area contributed by atoms with Gasteiger partial charge < -0.3 is 9.47 Å². The molecule has 2 atom stereocenters. The molecule has 0 aromatic carbocycles. The second kappa shape index (κ2) is 3.07. The van der Waals surface area contributed by atoms with Gasteiger partial charge in [-0.1, -0.05) is 0 Å². The molecule has 0 aromatic heterocycles. The van der Waals surface area contributed by atoms with Crippen LogP contribution in [0, 0.1) is 0 Å². The van der Waals surface area contributed by atoms with E-state index in [-0.39, 0.29) is 12.0 Å². The lowest BCUT2D eigenvalue weighted by Gasteiger charge is -2.10. The van der Waals surface area contributed by atoms with E-state index in [1.54, 1.807) is 0 Å². The Morgan fingerprint density at radius 2 is 2.60 bits per heavy atom. The van der Waals surface area contributed by atoms with Crippen molar-refractivity contribution in [2.75, 3.05) is 13.0 Å². The van der Waals surface area contributed by atoms with E-state index in [4.69, 9.17) is 21.1 Å².